The number of carbonyl (C=O) groups excluding carboxylic acids is 1. The van der Waals surface area contributed by atoms with Gasteiger partial charge < -0.3 is 20.8 Å². The lowest BCUT2D eigenvalue weighted by molar-refractivity contribution is -0.136. The van der Waals surface area contributed by atoms with Crippen molar-refractivity contribution < 1.29 is 19.8 Å². The highest BCUT2D eigenvalue weighted by molar-refractivity contribution is 5.75. The van der Waals surface area contributed by atoms with Crippen molar-refractivity contribution in [3.05, 3.63) is 0 Å². The summed E-state index contributed by atoms with van der Waals surface area (Å²) >= 11 is 0. The van der Waals surface area contributed by atoms with E-state index in [-0.39, 0.29) is 31.0 Å². The second kappa shape index (κ2) is 8.74. The van der Waals surface area contributed by atoms with Crippen LogP contribution in [0.1, 0.15) is 39.5 Å². The lowest BCUT2D eigenvalue weighted by Crippen LogP contribution is -2.43. The van der Waals surface area contributed by atoms with Crippen LogP contribution in [0.2, 0.25) is 0 Å². The summed E-state index contributed by atoms with van der Waals surface area (Å²) in [4.78, 5) is 21.7. The molecule has 0 rings (SSSR count). The Bertz CT molecular complexity index is 265. The maximum Gasteiger partial charge on any atom is 0.314 e. The number of hydrogen-bond acceptors (Lipinski definition) is 3. The standard InChI is InChI=1S/C12H24N2O4/c1-3-12(4-2,6-8-15)9-14-11(18)13-7-5-10(16)17/h15H,3-9H2,1-2H3,(H,16,17)(H2,13,14,18). The molecule has 0 aromatic rings. The average Bonchev–Trinajstić information content (AvgIpc) is 2.34. The summed E-state index contributed by atoms with van der Waals surface area (Å²) in [5, 5.41) is 22.7. The van der Waals surface area contributed by atoms with Gasteiger partial charge in [0.15, 0.2) is 0 Å². The van der Waals surface area contributed by atoms with Crippen LogP contribution in [-0.2, 0) is 4.79 Å². The molecule has 0 saturated carbocycles. The van der Waals surface area contributed by atoms with Crippen molar-refractivity contribution in [2.45, 2.75) is 39.5 Å². The molecule has 0 unspecified atom stereocenters. The van der Waals surface area contributed by atoms with Crippen molar-refractivity contribution in [1.82, 2.24) is 10.6 Å². The van der Waals surface area contributed by atoms with Gasteiger partial charge in [-0.05, 0) is 24.7 Å². The van der Waals surface area contributed by atoms with Crippen molar-refractivity contribution in [3.8, 4) is 0 Å². The molecule has 4 N–H and O–H groups in total. The minimum absolute atomic E-state index is 0.0844. The van der Waals surface area contributed by atoms with Gasteiger partial charge in [0.05, 0.1) is 6.42 Å². The van der Waals surface area contributed by atoms with Crippen molar-refractivity contribution in [2.75, 3.05) is 19.7 Å². The zero-order chi connectivity index (χ0) is 14.0. The predicted molar refractivity (Wildman–Crippen MR) is 68.4 cm³/mol. The lowest BCUT2D eigenvalue weighted by atomic mass is 9.79. The summed E-state index contributed by atoms with van der Waals surface area (Å²) in [6.45, 7) is 4.77. The Morgan fingerprint density at radius 3 is 2.22 bits per heavy atom. The Labute approximate surface area is 108 Å². The number of aliphatic hydroxyl groups is 1. The molecule has 0 aromatic heterocycles. The van der Waals surface area contributed by atoms with E-state index in [1.54, 1.807) is 0 Å². The molecule has 106 valence electrons. The van der Waals surface area contributed by atoms with Crippen LogP contribution in [0.25, 0.3) is 0 Å². The molecule has 0 aliphatic rings. The van der Waals surface area contributed by atoms with Gasteiger partial charge in [0.1, 0.15) is 0 Å². The molecule has 2 amide bonds. The van der Waals surface area contributed by atoms with Crippen molar-refractivity contribution in [1.29, 1.82) is 0 Å². The van der Waals surface area contributed by atoms with E-state index >= 15 is 0 Å². The number of urea groups is 1. The van der Waals surface area contributed by atoms with Crippen LogP contribution < -0.4 is 10.6 Å². The summed E-state index contributed by atoms with van der Waals surface area (Å²) < 4.78 is 0. The van der Waals surface area contributed by atoms with E-state index in [1.165, 1.54) is 0 Å². The Balaban J connectivity index is 4.03. The first-order valence-corrected chi connectivity index (χ1v) is 6.34. The van der Waals surface area contributed by atoms with Gasteiger partial charge in [0.2, 0.25) is 0 Å². The van der Waals surface area contributed by atoms with E-state index in [2.05, 4.69) is 10.6 Å². The van der Waals surface area contributed by atoms with Crippen LogP contribution in [0.4, 0.5) is 4.79 Å². The first-order chi connectivity index (χ1) is 8.49. The van der Waals surface area contributed by atoms with Gasteiger partial charge in [0.25, 0.3) is 0 Å². The molecule has 0 fully saturated rings. The Morgan fingerprint density at radius 1 is 1.17 bits per heavy atom. The average molecular weight is 260 g/mol. The lowest BCUT2D eigenvalue weighted by Gasteiger charge is -2.31. The maximum absolute atomic E-state index is 11.4. The number of aliphatic hydroxyl groups excluding tert-OH is 1. The van der Waals surface area contributed by atoms with E-state index in [0.29, 0.717) is 13.0 Å². The molecule has 0 aromatic carbocycles. The van der Waals surface area contributed by atoms with Crippen LogP contribution in [0.5, 0.6) is 0 Å². The fraction of sp³-hybridized carbons (Fsp3) is 0.833. The monoisotopic (exact) mass is 260 g/mol. The third-order valence-corrected chi connectivity index (χ3v) is 3.39. The van der Waals surface area contributed by atoms with E-state index in [0.717, 1.165) is 12.8 Å². The van der Waals surface area contributed by atoms with E-state index < -0.39 is 5.97 Å². The van der Waals surface area contributed by atoms with Crippen LogP contribution in [-0.4, -0.2) is 41.9 Å². The summed E-state index contributed by atoms with van der Waals surface area (Å²) in [6.07, 6.45) is 2.31. The first kappa shape index (κ1) is 16.7. The van der Waals surface area contributed by atoms with Crippen molar-refractivity contribution >= 4 is 12.0 Å². The highest BCUT2D eigenvalue weighted by Gasteiger charge is 2.25. The molecule has 0 aliphatic heterocycles. The van der Waals surface area contributed by atoms with Gasteiger partial charge in [-0.3, -0.25) is 4.79 Å². The van der Waals surface area contributed by atoms with Crippen molar-refractivity contribution in [2.24, 2.45) is 5.41 Å². The zero-order valence-corrected chi connectivity index (χ0v) is 11.2. The Hall–Kier alpha value is -1.30. The number of amides is 2. The minimum atomic E-state index is -0.938. The summed E-state index contributed by atoms with van der Waals surface area (Å²) in [5.41, 5.74) is -0.0844. The third-order valence-electron chi connectivity index (χ3n) is 3.39. The molecule has 0 atom stereocenters. The smallest absolute Gasteiger partial charge is 0.314 e. The maximum atomic E-state index is 11.4. The molecule has 0 saturated heterocycles. The molecule has 6 heteroatoms. The molecular weight excluding hydrogens is 236 g/mol. The van der Waals surface area contributed by atoms with Crippen LogP contribution in [0.3, 0.4) is 0 Å². The fourth-order valence-electron chi connectivity index (χ4n) is 1.79. The second-order valence-corrected chi connectivity index (χ2v) is 4.43. The van der Waals surface area contributed by atoms with Crippen LogP contribution in [0, 0.1) is 5.41 Å². The van der Waals surface area contributed by atoms with Gasteiger partial charge in [-0.25, -0.2) is 4.79 Å². The Kier molecular flexibility index (Phi) is 8.11. The molecule has 0 aliphatic carbocycles. The zero-order valence-electron chi connectivity index (χ0n) is 11.2. The van der Waals surface area contributed by atoms with Gasteiger partial charge in [-0.1, -0.05) is 13.8 Å². The van der Waals surface area contributed by atoms with Crippen LogP contribution >= 0.6 is 0 Å². The summed E-state index contributed by atoms with van der Waals surface area (Å²) in [7, 11) is 0. The molecule has 0 heterocycles. The largest absolute Gasteiger partial charge is 0.481 e. The highest BCUT2D eigenvalue weighted by atomic mass is 16.4. The Morgan fingerprint density at radius 2 is 1.78 bits per heavy atom. The topological polar surface area (TPSA) is 98.7 Å². The molecule has 6 nitrogen and oxygen atoms in total. The summed E-state index contributed by atoms with van der Waals surface area (Å²) in [5.74, 6) is -0.938. The minimum Gasteiger partial charge on any atom is -0.481 e. The number of nitrogens with one attached hydrogen (secondary N) is 2. The molecule has 0 spiro atoms. The molecule has 18 heavy (non-hydrogen) atoms. The fourth-order valence-corrected chi connectivity index (χ4v) is 1.79. The second-order valence-electron chi connectivity index (χ2n) is 4.43. The van der Waals surface area contributed by atoms with E-state index in [4.69, 9.17) is 10.2 Å². The first-order valence-electron chi connectivity index (χ1n) is 6.34. The van der Waals surface area contributed by atoms with E-state index in [9.17, 15) is 9.59 Å². The number of carboxylic acids is 1. The van der Waals surface area contributed by atoms with E-state index in [1.807, 2.05) is 13.8 Å². The molecule has 0 radical (unpaired) electrons. The van der Waals surface area contributed by atoms with Crippen molar-refractivity contribution in [3.63, 3.8) is 0 Å². The number of carbonyl (C=O) groups is 2. The number of aliphatic carboxylic acids is 1. The molecular formula is C12H24N2O4. The third kappa shape index (κ3) is 6.44. The summed E-state index contributed by atoms with van der Waals surface area (Å²) in [6, 6.07) is -0.361. The van der Waals surface area contributed by atoms with Gasteiger partial charge in [0, 0.05) is 19.7 Å². The van der Waals surface area contributed by atoms with Gasteiger partial charge in [-0.2, -0.15) is 0 Å². The van der Waals surface area contributed by atoms with Crippen LogP contribution in [0.15, 0.2) is 0 Å². The quantitative estimate of drug-likeness (QED) is 0.496. The predicted octanol–water partition coefficient (Wildman–Crippen LogP) is 0.949. The number of carboxylic acid groups (broad SMARTS) is 1. The van der Waals surface area contributed by atoms with Gasteiger partial charge >= 0.3 is 12.0 Å². The highest BCUT2D eigenvalue weighted by Crippen LogP contribution is 2.29. The SMILES string of the molecule is CCC(CC)(CCO)CNC(=O)NCCC(=O)O. The molecule has 0 bridgehead atoms. The number of hydrogen-bond donors (Lipinski definition) is 4. The van der Waals surface area contributed by atoms with Gasteiger partial charge in [-0.15, -0.1) is 0 Å². The normalized spacial score (nSPS) is 11.1. The number of rotatable bonds is 9.